The molecule has 6 nitrogen and oxygen atoms in total. The van der Waals surface area contributed by atoms with E-state index < -0.39 is 15.6 Å². The summed E-state index contributed by atoms with van der Waals surface area (Å²) in [6.45, 7) is 5.43. The van der Waals surface area contributed by atoms with E-state index in [-0.39, 0.29) is 22.5 Å². The van der Waals surface area contributed by atoms with E-state index in [9.17, 15) is 13.2 Å². The number of benzene rings is 1. The maximum atomic E-state index is 12.9. The van der Waals surface area contributed by atoms with Gasteiger partial charge in [-0.1, -0.05) is 25.1 Å². The minimum absolute atomic E-state index is 0.128. The van der Waals surface area contributed by atoms with Crippen molar-refractivity contribution in [3.63, 3.8) is 0 Å². The van der Waals surface area contributed by atoms with Crippen LogP contribution in [0.2, 0.25) is 0 Å². The second kappa shape index (κ2) is 7.31. The predicted octanol–water partition coefficient (Wildman–Crippen LogP) is 2.64. The molecule has 0 bridgehead atoms. The van der Waals surface area contributed by atoms with Gasteiger partial charge in [0.05, 0.1) is 4.90 Å². The fraction of sp³-hybridized carbons (Fsp3) is 0.375. The van der Waals surface area contributed by atoms with Crippen LogP contribution < -0.4 is 9.62 Å². The van der Waals surface area contributed by atoms with Crippen molar-refractivity contribution >= 4 is 32.4 Å². The number of thiazole rings is 1. The molecule has 1 amide bonds. The lowest BCUT2D eigenvalue weighted by atomic mass is 10.0. The monoisotopic (exact) mass is 367 g/mol. The van der Waals surface area contributed by atoms with Gasteiger partial charge in [-0.15, -0.1) is 11.3 Å². The van der Waals surface area contributed by atoms with Gasteiger partial charge >= 0.3 is 0 Å². The van der Waals surface area contributed by atoms with Gasteiger partial charge in [0.1, 0.15) is 6.54 Å². The lowest BCUT2D eigenvalue weighted by molar-refractivity contribution is -0.121. The molecule has 24 heavy (non-hydrogen) atoms. The Bertz CT molecular complexity index is 772. The summed E-state index contributed by atoms with van der Waals surface area (Å²) in [6.07, 6.45) is 2.25. The highest BCUT2D eigenvalue weighted by Gasteiger charge is 2.30. The number of amides is 1. The van der Waals surface area contributed by atoms with E-state index in [0.29, 0.717) is 0 Å². The van der Waals surface area contributed by atoms with Crippen molar-refractivity contribution in [2.75, 3.05) is 10.8 Å². The summed E-state index contributed by atoms with van der Waals surface area (Å²) in [6, 6.07) is 8.04. The molecule has 0 spiro atoms. The molecule has 1 N–H and O–H groups in total. The third-order valence-electron chi connectivity index (χ3n) is 3.61. The number of sulfonamides is 1. The van der Waals surface area contributed by atoms with Crippen LogP contribution in [0.4, 0.5) is 5.13 Å². The molecule has 0 saturated carbocycles. The molecular weight excluding hydrogens is 346 g/mol. The first-order valence-corrected chi connectivity index (χ1v) is 9.86. The zero-order valence-corrected chi connectivity index (χ0v) is 15.5. The lowest BCUT2D eigenvalue weighted by Crippen LogP contribution is -2.48. The van der Waals surface area contributed by atoms with Crippen LogP contribution in [0, 0.1) is 0 Å². The Kier molecular flexibility index (Phi) is 5.61. The van der Waals surface area contributed by atoms with E-state index in [1.54, 1.807) is 23.6 Å². The smallest absolute Gasteiger partial charge is 0.266 e. The summed E-state index contributed by atoms with van der Waals surface area (Å²) in [5.74, 6) is -0.364. The van der Waals surface area contributed by atoms with Crippen molar-refractivity contribution < 1.29 is 13.2 Å². The van der Waals surface area contributed by atoms with Gasteiger partial charge in [0.2, 0.25) is 5.91 Å². The molecular formula is C16H21N3O3S2. The number of nitrogens with zero attached hydrogens (tertiary/aromatic N) is 2. The molecule has 0 saturated heterocycles. The topological polar surface area (TPSA) is 79.4 Å². The number of hydrogen-bond acceptors (Lipinski definition) is 5. The maximum absolute atomic E-state index is 12.9. The highest BCUT2D eigenvalue weighted by atomic mass is 32.2. The number of aromatic nitrogens is 1. The van der Waals surface area contributed by atoms with Crippen molar-refractivity contribution in [2.24, 2.45) is 0 Å². The zero-order chi connectivity index (χ0) is 17.8. The molecule has 0 radical (unpaired) electrons. The highest BCUT2D eigenvalue weighted by Crippen LogP contribution is 2.25. The van der Waals surface area contributed by atoms with Gasteiger partial charge in [0, 0.05) is 17.1 Å². The first-order chi connectivity index (χ1) is 11.3. The largest absolute Gasteiger partial charge is 0.350 e. The standard InChI is InChI=1S/C16H21N3O3S2/c1-4-16(2,3)18-14(20)12-19(15-17-10-11-23-15)24(21,22)13-8-6-5-7-9-13/h5-11H,4,12H2,1-3H3,(H,18,20). The molecule has 8 heteroatoms. The Morgan fingerprint density at radius 1 is 1.29 bits per heavy atom. The lowest BCUT2D eigenvalue weighted by Gasteiger charge is -2.27. The van der Waals surface area contributed by atoms with Crippen LogP contribution in [0.1, 0.15) is 27.2 Å². The van der Waals surface area contributed by atoms with Crippen LogP contribution in [0.5, 0.6) is 0 Å². The van der Waals surface area contributed by atoms with E-state index in [1.807, 2.05) is 20.8 Å². The molecule has 0 unspecified atom stereocenters. The van der Waals surface area contributed by atoms with Gasteiger partial charge in [-0.25, -0.2) is 17.7 Å². The minimum atomic E-state index is -3.86. The molecule has 0 aliphatic carbocycles. The van der Waals surface area contributed by atoms with E-state index >= 15 is 0 Å². The predicted molar refractivity (Wildman–Crippen MR) is 95.6 cm³/mol. The van der Waals surface area contributed by atoms with Gasteiger partial charge in [-0.05, 0) is 32.4 Å². The van der Waals surface area contributed by atoms with Gasteiger partial charge in [0.25, 0.3) is 10.0 Å². The Balaban J connectivity index is 2.32. The van der Waals surface area contributed by atoms with Gasteiger partial charge in [-0.3, -0.25) is 4.79 Å². The first kappa shape index (κ1) is 18.4. The summed E-state index contributed by atoms with van der Waals surface area (Å²) in [4.78, 5) is 16.6. The van der Waals surface area contributed by atoms with Crippen LogP contribution in [0.3, 0.4) is 0 Å². The molecule has 1 aromatic carbocycles. The van der Waals surface area contributed by atoms with Crippen molar-refractivity contribution in [2.45, 2.75) is 37.6 Å². The van der Waals surface area contributed by atoms with Crippen LogP contribution in [-0.2, 0) is 14.8 Å². The molecule has 0 fully saturated rings. The Morgan fingerprint density at radius 2 is 1.96 bits per heavy atom. The third kappa shape index (κ3) is 4.33. The normalized spacial score (nSPS) is 12.0. The Labute approximate surface area is 146 Å². The molecule has 2 rings (SSSR count). The second-order valence-corrected chi connectivity index (χ2v) is 8.66. The Morgan fingerprint density at radius 3 is 2.50 bits per heavy atom. The van der Waals surface area contributed by atoms with Crippen molar-refractivity contribution in [1.29, 1.82) is 0 Å². The van der Waals surface area contributed by atoms with E-state index in [0.717, 1.165) is 10.7 Å². The summed E-state index contributed by atoms with van der Waals surface area (Å²) in [5.41, 5.74) is -0.401. The number of anilines is 1. The number of carbonyl (C=O) groups excluding carboxylic acids is 1. The van der Waals surface area contributed by atoms with Crippen LogP contribution in [0.15, 0.2) is 46.8 Å². The minimum Gasteiger partial charge on any atom is -0.350 e. The van der Waals surface area contributed by atoms with E-state index in [2.05, 4.69) is 10.3 Å². The molecule has 0 aliphatic rings. The van der Waals surface area contributed by atoms with Gasteiger partial charge < -0.3 is 5.32 Å². The van der Waals surface area contributed by atoms with Crippen molar-refractivity contribution in [3.05, 3.63) is 41.9 Å². The zero-order valence-electron chi connectivity index (χ0n) is 13.9. The molecule has 0 atom stereocenters. The molecule has 2 aromatic rings. The van der Waals surface area contributed by atoms with Crippen LogP contribution >= 0.6 is 11.3 Å². The number of rotatable bonds is 7. The van der Waals surface area contributed by atoms with Gasteiger partial charge in [-0.2, -0.15) is 0 Å². The molecule has 0 aliphatic heterocycles. The quantitative estimate of drug-likeness (QED) is 0.816. The second-order valence-electron chi connectivity index (χ2n) is 5.93. The van der Waals surface area contributed by atoms with E-state index in [1.165, 1.54) is 29.7 Å². The number of carbonyl (C=O) groups is 1. The molecule has 130 valence electrons. The van der Waals surface area contributed by atoms with E-state index in [4.69, 9.17) is 0 Å². The molecule has 1 aromatic heterocycles. The average molecular weight is 367 g/mol. The Hall–Kier alpha value is -1.93. The summed E-state index contributed by atoms with van der Waals surface area (Å²) >= 11 is 1.17. The first-order valence-electron chi connectivity index (χ1n) is 7.54. The molecule has 1 heterocycles. The van der Waals surface area contributed by atoms with Crippen molar-refractivity contribution in [1.82, 2.24) is 10.3 Å². The number of nitrogens with one attached hydrogen (secondary N) is 1. The average Bonchev–Trinajstić information content (AvgIpc) is 3.07. The van der Waals surface area contributed by atoms with Crippen LogP contribution in [-0.4, -0.2) is 31.4 Å². The SMILES string of the molecule is CCC(C)(C)NC(=O)CN(c1nccs1)S(=O)(=O)c1ccccc1. The fourth-order valence-corrected chi connectivity index (χ4v) is 4.22. The maximum Gasteiger partial charge on any atom is 0.266 e. The number of hydrogen-bond donors (Lipinski definition) is 1. The third-order valence-corrected chi connectivity index (χ3v) is 6.27. The summed E-state index contributed by atoms with van der Waals surface area (Å²) in [5, 5.41) is 4.80. The highest BCUT2D eigenvalue weighted by molar-refractivity contribution is 7.93. The summed E-state index contributed by atoms with van der Waals surface area (Å²) < 4.78 is 26.9. The van der Waals surface area contributed by atoms with Gasteiger partial charge in [0.15, 0.2) is 5.13 Å². The fourth-order valence-electron chi connectivity index (χ4n) is 1.95. The van der Waals surface area contributed by atoms with Crippen LogP contribution in [0.25, 0.3) is 0 Å². The van der Waals surface area contributed by atoms with Crippen molar-refractivity contribution in [3.8, 4) is 0 Å². The summed E-state index contributed by atoms with van der Waals surface area (Å²) in [7, 11) is -3.86.